The van der Waals surface area contributed by atoms with Gasteiger partial charge in [0.15, 0.2) is 0 Å². The lowest BCUT2D eigenvalue weighted by Crippen LogP contribution is -2.40. The summed E-state index contributed by atoms with van der Waals surface area (Å²) >= 11 is 0. The zero-order chi connectivity index (χ0) is 14.1. The van der Waals surface area contributed by atoms with E-state index in [1.165, 1.54) is 10.8 Å². The fourth-order valence-corrected chi connectivity index (χ4v) is 2.22. The Morgan fingerprint density at radius 3 is 2.50 bits per heavy atom. The molecule has 0 spiro atoms. The number of aromatic nitrogens is 2. The maximum absolute atomic E-state index is 12.4. The first-order valence-electron chi connectivity index (χ1n) is 6.50. The molecule has 0 amide bonds. The molecule has 0 unspecified atom stereocenters. The third kappa shape index (κ3) is 2.16. The van der Waals surface area contributed by atoms with Crippen LogP contribution >= 0.6 is 0 Å². The molecular formula is C15H13N3O2. The van der Waals surface area contributed by atoms with E-state index in [0.717, 1.165) is 23.0 Å². The molecule has 1 aromatic carbocycles. The van der Waals surface area contributed by atoms with Gasteiger partial charge in [0.2, 0.25) is 0 Å². The molecule has 1 fully saturated rings. The Balaban J connectivity index is 2.14. The molecule has 0 N–H and O–H groups in total. The van der Waals surface area contributed by atoms with Crippen LogP contribution in [0, 0.1) is 11.3 Å². The number of hydrogen-bond donors (Lipinski definition) is 0. The summed E-state index contributed by atoms with van der Waals surface area (Å²) in [5, 5.41) is 9.05. The van der Waals surface area contributed by atoms with E-state index in [1.807, 2.05) is 36.4 Å². The van der Waals surface area contributed by atoms with Crippen LogP contribution in [0.1, 0.15) is 30.0 Å². The van der Waals surface area contributed by atoms with Crippen LogP contribution in [-0.4, -0.2) is 9.13 Å². The summed E-state index contributed by atoms with van der Waals surface area (Å²) in [5.41, 5.74) is 0.0372. The van der Waals surface area contributed by atoms with Gasteiger partial charge in [0, 0.05) is 12.2 Å². The topological polar surface area (TPSA) is 67.8 Å². The highest BCUT2D eigenvalue weighted by atomic mass is 16.2. The third-order valence-electron chi connectivity index (χ3n) is 3.44. The molecule has 5 nitrogen and oxygen atoms in total. The van der Waals surface area contributed by atoms with E-state index >= 15 is 0 Å². The van der Waals surface area contributed by atoms with E-state index in [4.69, 9.17) is 5.26 Å². The van der Waals surface area contributed by atoms with Crippen molar-refractivity contribution >= 4 is 0 Å². The Bertz CT molecular complexity index is 793. The molecule has 0 atom stereocenters. The number of benzene rings is 1. The van der Waals surface area contributed by atoms with Gasteiger partial charge in [0.05, 0.1) is 6.54 Å². The fraction of sp³-hybridized carbons (Fsp3) is 0.267. The Morgan fingerprint density at radius 2 is 1.90 bits per heavy atom. The summed E-state index contributed by atoms with van der Waals surface area (Å²) in [4.78, 5) is 24.5. The van der Waals surface area contributed by atoms with E-state index in [0.29, 0.717) is 0 Å². The van der Waals surface area contributed by atoms with Crippen LogP contribution in [0.15, 0.2) is 46.1 Å². The van der Waals surface area contributed by atoms with E-state index in [-0.39, 0.29) is 23.8 Å². The van der Waals surface area contributed by atoms with Crippen molar-refractivity contribution in [1.29, 1.82) is 5.26 Å². The molecule has 100 valence electrons. The molecule has 0 aliphatic heterocycles. The highest BCUT2D eigenvalue weighted by Gasteiger charge is 2.26. The van der Waals surface area contributed by atoms with Gasteiger partial charge < -0.3 is 0 Å². The normalized spacial score (nSPS) is 13.9. The molecule has 1 saturated carbocycles. The summed E-state index contributed by atoms with van der Waals surface area (Å²) in [7, 11) is 0. The van der Waals surface area contributed by atoms with E-state index in [1.54, 1.807) is 0 Å². The van der Waals surface area contributed by atoms with Gasteiger partial charge in [0.25, 0.3) is 5.56 Å². The average Bonchev–Trinajstić information content (AvgIpc) is 3.29. The van der Waals surface area contributed by atoms with Gasteiger partial charge in [-0.15, -0.1) is 0 Å². The predicted molar refractivity (Wildman–Crippen MR) is 73.5 cm³/mol. The second kappa shape index (κ2) is 4.82. The van der Waals surface area contributed by atoms with Crippen molar-refractivity contribution in [2.45, 2.75) is 25.4 Å². The van der Waals surface area contributed by atoms with Gasteiger partial charge >= 0.3 is 5.69 Å². The first-order chi connectivity index (χ1) is 9.70. The molecule has 0 saturated heterocycles. The lowest BCUT2D eigenvalue weighted by atomic mass is 10.2. The van der Waals surface area contributed by atoms with Gasteiger partial charge in [-0.05, 0) is 18.4 Å². The molecule has 20 heavy (non-hydrogen) atoms. The van der Waals surface area contributed by atoms with Crippen LogP contribution in [0.2, 0.25) is 0 Å². The minimum Gasteiger partial charge on any atom is -0.296 e. The van der Waals surface area contributed by atoms with Crippen molar-refractivity contribution in [2.24, 2.45) is 0 Å². The van der Waals surface area contributed by atoms with E-state index < -0.39 is 5.56 Å². The van der Waals surface area contributed by atoms with Crippen molar-refractivity contribution in [2.75, 3.05) is 0 Å². The van der Waals surface area contributed by atoms with Crippen molar-refractivity contribution in [1.82, 2.24) is 9.13 Å². The molecule has 1 aliphatic carbocycles. The number of nitrogens with zero attached hydrogens (tertiary/aromatic N) is 3. The lowest BCUT2D eigenvalue weighted by Gasteiger charge is -2.10. The van der Waals surface area contributed by atoms with Gasteiger partial charge in [0.1, 0.15) is 11.6 Å². The Morgan fingerprint density at radius 1 is 1.20 bits per heavy atom. The summed E-state index contributed by atoms with van der Waals surface area (Å²) in [5.74, 6) is 0. The van der Waals surface area contributed by atoms with E-state index in [9.17, 15) is 9.59 Å². The van der Waals surface area contributed by atoms with Crippen LogP contribution < -0.4 is 11.2 Å². The highest BCUT2D eigenvalue weighted by molar-refractivity contribution is 5.24. The van der Waals surface area contributed by atoms with Crippen molar-refractivity contribution in [3.8, 4) is 6.07 Å². The van der Waals surface area contributed by atoms with Crippen LogP contribution in [0.5, 0.6) is 0 Å². The molecule has 5 heteroatoms. The summed E-state index contributed by atoms with van der Waals surface area (Å²) in [6.07, 6.45) is 3.24. The Labute approximate surface area is 115 Å². The van der Waals surface area contributed by atoms with Crippen LogP contribution in [-0.2, 0) is 6.54 Å². The Kier molecular flexibility index (Phi) is 2.99. The molecule has 1 aromatic heterocycles. The van der Waals surface area contributed by atoms with Gasteiger partial charge in [-0.2, -0.15) is 5.26 Å². The smallest absolute Gasteiger partial charge is 0.296 e. The second-order valence-corrected chi connectivity index (χ2v) is 4.95. The predicted octanol–water partition coefficient (Wildman–Crippen LogP) is 1.26. The van der Waals surface area contributed by atoms with Crippen LogP contribution in [0.3, 0.4) is 0 Å². The number of hydrogen-bond acceptors (Lipinski definition) is 3. The lowest BCUT2D eigenvalue weighted by molar-refractivity contribution is 0.588. The summed E-state index contributed by atoms with van der Waals surface area (Å²) in [6, 6.07) is 11.3. The minimum absolute atomic E-state index is 0.0208. The maximum atomic E-state index is 12.4. The quantitative estimate of drug-likeness (QED) is 0.840. The first-order valence-corrected chi connectivity index (χ1v) is 6.50. The highest BCUT2D eigenvalue weighted by Crippen LogP contribution is 2.33. The Hall–Kier alpha value is -2.61. The van der Waals surface area contributed by atoms with Gasteiger partial charge in [-0.3, -0.25) is 13.9 Å². The fourth-order valence-electron chi connectivity index (χ4n) is 2.22. The number of rotatable bonds is 3. The first kappa shape index (κ1) is 12.4. The molecule has 0 bridgehead atoms. The van der Waals surface area contributed by atoms with Gasteiger partial charge in [-0.25, -0.2) is 4.79 Å². The minimum atomic E-state index is -0.516. The van der Waals surface area contributed by atoms with Crippen LogP contribution in [0.25, 0.3) is 0 Å². The van der Waals surface area contributed by atoms with Crippen LogP contribution in [0.4, 0.5) is 0 Å². The van der Waals surface area contributed by atoms with Crippen molar-refractivity contribution < 1.29 is 0 Å². The summed E-state index contributed by atoms with van der Waals surface area (Å²) in [6.45, 7) is 0.195. The number of nitriles is 1. The molecule has 1 aliphatic rings. The zero-order valence-electron chi connectivity index (χ0n) is 10.8. The van der Waals surface area contributed by atoms with Gasteiger partial charge in [-0.1, -0.05) is 30.3 Å². The molecule has 1 heterocycles. The molecule has 0 radical (unpaired) electrons. The zero-order valence-corrected chi connectivity index (χ0v) is 10.8. The summed E-state index contributed by atoms with van der Waals surface area (Å²) < 4.78 is 2.66. The van der Waals surface area contributed by atoms with E-state index in [2.05, 4.69) is 0 Å². The monoisotopic (exact) mass is 267 g/mol. The molecular weight excluding hydrogens is 254 g/mol. The SMILES string of the molecule is N#Cc1cn(C2CC2)c(=O)n(Cc2ccccc2)c1=O. The second-order valence-electron chi connectivity index (χ2n) is 4.95. The standard InChI is InChI=1S/C15H13N3O2/c16-8-12-10-17(13-6-7-13)15(20)18(14(12)19)9-11-4-2-1-3-5-11/h1-5,10,13H,6-7,9H2. The molecule has 2 aromatic rings. The van der Waals surface area contributed by atoms with Crippen molar-refractivity contribution in [3.05, 3.63) is 68.5 Å². The average molecular weight is 267 g/mol. The van der Waals surface area contributed by atoms with Crippen molar-refractivity contribution in [3.63, 3.8) is 0 Å². The largest absolute Gasteiger partial charge is 0.331 e. The third-order valence-corrected chi connectivity index (χ3v) is 3.44. The molecule has 3 rings (SSSR count). The maximum Gasteiger partial charge on any atom is 0.331 e.